The number of halogens is 1. The predicted octanol–water partition coefficient (Wildman–Crippen LogP) is 1.84. The van der Waals surface area contributed by atoms with Gasteiger partial charge in [-0.2, -0.15) is 0 Å². The van der Waals surface area contributed by atoms with E-state index in [0.29, 0.717) is 43.1 Å². The summed E-state index contributed by atoms with van der Waals surface area (Å²) in [5.41, 5.74) is 0.803. The lowest BCUT2D eigenvalue weighted by Crippen LogP contribution is -2.43. The van der Waals surface area contributed by atoms with Crippen LogP contribution in [0, 0.1) is 11.8 Å². The van der Waals surface area contributed by atoms with E-state index < -0.39 is 18.2 Å². The van der Waals surface area contributed by atoms with E-state index in [-0.39, 0.29) is 29.9 Å². The zero-order valence-corrected chi connectivity index (χ0v) is 17.2. The molecule has 0 radical (unpaired) electrons. The zero-order chi connectivity index (χ0) is 21.8. The molecule has 164 valence electrons. The number of aliphatic hydroxyl groups excluding tert-OH is 2. The summed E-state index contributed by atoms with van der Waals surface area (Å²) in [5, 5.41) is 27.1. The van der Waals surface area contributed by atoms with Gasteiger partial charge in [-0.25, -0.2) is 4.39 Å². The fourth-order valence-corrected chi connectivity index (χ4v) is 4.03. The van der Waals surface area contributed by atoms with Gasteiger partial charge in [0.15, 0.2) is 12.0 Å². The van der Waals surface area contributed by atoms with Crippen LogP contribution >= 0.6 is 0 Å². The molecule has 2 heterocycles. The van der Waals surface area contributed by atoms with Crippen molar-refractivity contribution in [3.05, 3.63) is 47.4 Å². The molecule has 30 heavy (non-hydrogen) atoms. The van der Waals surface area contributed by atoms with Gasteiger partial charge < -0.3 is 20.8 Å². The first-order chi connectivity index (χ1) is 14.4. The molecule has 4 N–H and O–H groups in total. The van der Waals surface area contributed by atoms with Crippen molar-refractivity contribution in [3.8, 4) is 0 Å². The molecule has 1 amide bonds. The van der Waals surface area contributed by atoms with Crippen molar-refractivity contribution >= 4 is 12.2 Å². The van der Waals surface area contributed by atoms with Crippen LogP contribution in [0.1, 0.15) is 32.6 Å². The summed E-state index contributed by atoms with van der Waals surface area (Å²) in [5.74, 6) is -0.796. The Hall–Kier alpha value is -2.45. The number of hydrogen-bond donors (Lipinski definition) is 4. The lowest BCUT2D eigenvalue weighted by atomic mass is 9.92. The number of rotatable bonds is 8. The second kappa shape index (κ2) is 9.57. The number of piperidine rings is 1. The number of nitrogens with zero attached hydrogens (tertiary/aromatic N) is 1. The number of likely N-dealkylation sites (tertiary alicyclic amines) is 1. The van der Waals surface area contributed by atoms with Crippen LogP contribution in [0.2, 0.25) is 0 Å². The standard InChI is InChI=1S/C22H30FN3O4/c1-3-13(16(23)4-2)6-5-10-26-11-9-15(18(22(26)30)17(28)12-27)19-21(29)25-20(24-19)14-7-8-14/h4-6,12-14,16,20,22,24,28,30H,2-3,7-11H2,1H3,(H,25,29)/b6-5+,18-17-,19-15-. The van der Waals surface area contributed by atoms with E-state index >= 15 is 0 Å². The van der Waals surface area contributed by atoms with Crippen LogP contribution in [0.4, 0.5) is 4.39 Å². The Bertz CT molecular complexity index is 787. The van der Waals surface area contributed by atoms with Crippen molar-refractivity contribution in [1.29, 1.82) is 0 Å². The summed E-state index contributed by atoms with van der Waals surface area (Å²) in [6, 6.07) is 0. The predicted molar refractivity (Wildman–Crippen MR) is 111 cm³/mol. The molecule has 0 aromatic rings. The van der Waals surface area contributed by atoms with Crippen LogP contribution in [-0.4, -0.2) is 59.0 Å². The average Bonchev–Trinajstić information content (AvgIpc) is 3.53. The van der Waals surface area contributed by atoms with Gasteiger partial charge in [-0.05, 0) is 37.2 Å². The van der Waals surface area contributed by atoms with Crippen LogP contribution in [0.3, 0.4) is 0 Å². The van der Waals surface area contributed by atoms with Gasteiger partial charge in [0.2, 0.25) is 0 Å². The monoisotopic (exact) mass is 419 g/mol. The molecule has 0 spiro atoms. The van der Waals surface area contributed by atoms with Crippen molar-refractivity contribution in [2.75, 3.05) is 13.1 Å². The molecule has 3 aliphatic rings. The fourth-order valence-electron chi connectivity index (χ4n) is 4.03. The maximum atomic E-state index is 13.8. The topological polar surface area (TPSA) is 102 Å². The van der Waals surface area contributed by atoms with Crippen LogP contribution in [0.5, 0.6) is 0 Å². The van der Waals surface area contributed by atoms with Crippen molar-refractivity contribution in [1.82, 2.24) is 15.5 Å². The largest absolute Gasteiger partial charge is 0.504 e. The maximum Gasteiger partial charge on any atom is 0.269 e. The molecule has 0 aromatic heterocycles. The smallest absolute Gasteiger partial charge is 0.269 e. The highest BCUT2D eigenvalue weighted by Crippen LogP contribution is 2.36. The number of aldehydes is 1. The number of carbonyl (C=O) groups excluding carboxylic acids is 2. The lowest BCUT2D eigenvalue weighted by molar-refractivity contribution is -0.116. The lowest BCUT2D eigenvalue weighted by Gasteiger charge is -2.35. The molecule has 1 saturated carbocycles. The molecule has 1 aliphatic carbocycles. The highest BCUT2D eigenvalue weighted by molar-refractivity contribution is 5.97. The Morgan fingerprint density at radius 1 is 1.40 bits per heavy atom. The minimum atomic E-state index is -1.26. The number of hydrogen-bond acceptors (Lipinski definition) is 6. The third-order valence-electron chi connectivity index (χ3n) is 6.00. The molecule has 0 aromatic carbocycles. The van der Waals surface area contributed by atoms with Gasteiger partial charge in [0.1, 0.15) is 24.3 Å². The fraction of sp³-hybridized carbons (Fsp3) is 0.545. The number of allylic oxidation sites excluding steroid dienone is 3. The third kappa shape index (κ3) is 4.65. The molecule has 4 atom stereocenters. The number of alkyl halides is 1. The summed E-state index contributed by atoms with van der Waals surface area (Å²) < 4.78 is 13.8. The Balaban J connectivity index is 1.78. The van der Waals surface area contributed by atoms with E-state index in [1.165, 1.54) is 6.08 Å². The molecule has 2 saturated heterocycles. The minimum Gasteiger partial charge on any atom is -0.504 e. The normalized spacial score (nSPS) is 31.2. The molecular formula is C22H30FN3O4. The van der Waals surface area contributed by atoms with Gasteiger partial charge in [0, 0.05) is 24.6 Å². The average molecular weight is 419 g/mol. The quantitative estimate of drug-likeness (QED) is 0.207. The van der Waals surface area contributed by atoms with Gasteiger partial charge in [-0.15, -0.1) is 6.58 Å². The van der Waals surface area contributed by atoms with Crippen LogP contribution < -0.4 is 10.6 Å². The zero-order valence-electron chi connectivity index (χ0n) is 17.2. The first-order valence-electron chi connectivity index (χ1n) is 10.5. The second-order valence-electron chi connectivity index (χ2n) is 8.00. The van der Waals surface area contributed by atoms with Crippen LogP contribution in [0.15, 0.2) is 47.4 Å². The highest BCUT2D eigenvalue weighted by atomic mass is 19.1. The number of carbonyl (C=O) groups is 2. The summed E-state index contributed by atoms with van der Waals surface area (Å²) in [7, 11) is 0. The van der Waals surface area contributed by atoms with E-state index in [4.69, 9.17) is 0 Å². The van der Waals surface area contributed by atoms with E-state index in [9.17, 15) is 24.2 Å². The molecule has 0 bridgehead atoms. The first-order valence-corrected chi connectivity index (χ1v) is 10.5. The van der Waals surface area contributed by atoms with Gasteiger partial charge >= 0.3 is 0 Å². The highest BCUT2D eigenvalue weighted by Gasteiger charge is 2.41. The van der Waals surface area contributed by atoms with Crippen LogP contribution in [-0.2, 0) is 9.59 Å². The number of amides is 1. The maximum absolute atomic E-state index is 13.8. The molecule has 2 aliphatic heterocycles. The van der Waals surface area contributed by atoms with Crippen molar-refractivity contribution in [2.24, 2.45) is 11.8 Å². The first kappa shape index (κ1) is 22.2. The Labute approximate surface area is 176 Å². The molecule has 3 rings (SSSR count). The van der Waals surface area contributed by atoms with Crippen molar-refractivity contribution in [2.45, 2.75) is 51.2 Å². The van der Waals surface area contributed by atoms with E-state index in [2.05, 4.69) is 17.2 Å². The van der Waals surface area contributed by atoms with Crippen molar-refractivity contribution in [3.63, 3.8) is 0 Å². The number of nitrogens with one attached hydrogen (secondary N) is 2. The van der Waals surface area contributed by atoms with Gasteiger partial charge in [0.05, 0.1) is 0 Å². The Morgan fingerprint density at radius 2 is 2.13 bits per heavy atom. The van der Waals surface area contributed by atoms with E-state index in [1.54, 1.807) is 17.1 Å². The summed E-state index contributed by atoms with van der Waals surface area (Å²) in [6.45, 7) is 6.09. The van der Waals surface area contributed by atoms with E-state index in [1.807, 2.05) is 6.92 Å². The molecule has 3 fully saturated rings. The SMILES string of the molecule is C=CC(F)C(/C=C/CN1CCC(=C2/NC(C3CC3)NC2=O)/C(=C(/O)C=O)C1O)CC. The summed E-state index contributed by atoms with van der Waals surface area (Å²) in [4.78, 5) is 25.4. The van der Waals surface area contributed by atoms with Crippen molar-refractivity contribution < 1.29 is 24.2 Å². The molecule has 4 unspecified atom stereocenters. The third-order valence-corrected chi connectivity index (χ3v) is 6.00. The molecule has 7 nitrogen and oxygen atoms in total. The van der Waals surface area contributed by atoms with E-state index in [0.717, 1.165) is 12.8 Å². The van der Waals surface area contributed by atoms with Gasteiger partial charge in [-0.1, -0.05) is 25.2 Å². The minimum absolute atomic E-state index is 0.0419. The molecular weight excluding hydrogens is 389 g/mol. The number of aliphatic hydroxyl groups is 2. The Kier molecular flexibility index (Phi) is 7.10. The Morgan fingerprint density at radius 3 is 2.73 bits per heavy atom. The van der Waals surface area contributed by atoms with Gasteiger partial charge in [0.25, 0.3) is 5.91 Å². The summed E-state index contributed by atoms with van der Waals surface area (Å²) in [6.07, 6.45) is 5.57. The summed E-state index contributed by atoms with van der Waals surface area (Å²) >= 11 is 0. The van der Waals surface area contributed by atoms with Crippen LogP contribution in [0.25, 0.3) is 0 Å². The van der Waals surface area contributed by atoms with Gasteiger partial charge in [-0.3, -0.25) is 14.5 Å². The second-order valence-corrected chi connectivity index (χ2v) is 8.00. The molecule has 8 heteroatoms.